The second kappa shape index (κ2) is 12.1. The third-order valence-electron chi connectivity index (χ3n) is 8.36. The summed E-state index contributed by atoms with van der Waals surface area (Å²) in [6.45, 7) is 5.03. The lowest BCUT2D eigenvalue weighted by Crippen LogP contribution is -2.47. The molecule has 7 nitrogen and oxygen atoms in total. The van der Waals surface area contributed by atoms with Crippen molar-refractivity contribution in [3.8, 4) is 0 Å². The first-order valence-corrected chi connectivity index (χ1v) is 15.4. The number of amides is 2. The monoisotopic (exact) mass is 613 g/mol. The fourth-order valence-corrected chi connectivity index (χ4v) is 6.12. The third kappa shape index (κ3) is 6.62. The number of halogens is 2. The van der Waals surface area contributed by atoms with E-state index in [9.17, 15) is 18.8 Å². The lowest BCUT2D eigenvalue weighted by molar-refractivity contribution is -0.138. The number of nitrogens with zero attached hydrogens (tertiary/aromatic N) is 2. The van der Waals surface area contributed by atoms with E-state index in [0.29, 0.717) is 22.3 Å². The van der Waals surface area contributed by atoms with Gasteiger partial charge in [0, 0.05) is 17.5 Å². The van der Waals surface area contributed by atoms with Crippen molar-refractivity contribution in [2.75, 3.05) is 6.54 Å². The smallest absolute Gasteiger partial charge is 0.419 e. The Bertz CT molecular complexity index is 1740. The average molecular weight is 614 g/mol. The van der Waals surface area contributed by atoms with Crippen LogP contribution in [0.3, 0.4) is 0 Å². The predicted molar refractivity (Wildman–Crippen MR) is 167 cm³/mol. The minimum atomic E-state index is -1.40. The number of alkyl halides is 1. The number of para-hydroxylation sites is 1. The van der Waals surface area contributed by atoms with Crippen LogP contribution in [0, 0.1) is 5.82 Å². The van der Waals surface area contributed by atoms with E-state index in [1.165, 1.54) is 15.5 Å². The van der Waals surface area contributed by atoms with Crippen LogP contribution in [0.4, 0.5) is 13.6 Å². The number of benzene rings is 3. The molecule has 2 fully saturated rings. The molecule has 0 radical (unpaired) electrons. The number of likely N-dealkylation sites (tertiary alicyclic amines) is 1. The van der Waals surface area contributed by atoms with Crippen molar-refractivity contribution in [3.05, 3.63) is 107 Å². The van der Waals surface area contributed by atoms with Crippen LogP contribution in [0.15, 0.2) is 78.9 Å². The van der Waals surface area contributed by atoms with Gasteiger partial charge in [-0.1, -0.05) is 60.7 Å². The third-order valence-corrected chi connectivity index (χ3v) is 8.36. The van der Waals surface area contributed by atoms with E-state index >= 15 is 4.39 Å². The summed E-state index contributed by atoms with van der Waals surface area (Å²) >= 11 is 0. The van der Waals surface area contributed by atoms with Crippen molar-refractivity contribution < 1.29 is 27.9 Å². The van der Waals surface area contributed by atoms with Gasteiger partial charge in [0.25, 0.3) is 0 Å². The molecule has 9 heteroatoms. The van der Waals surface area contributed by atoms with Crippen LogP contribution < -0.4 is 5.32 Å². The maximum Gasteiger partial charge on any atom is 0.419 e. The molecule has 1 N–H and O–H groups in total. The Labute approximate surface area is 261 Å². The lowest BCUT2D eigenvalue weighted by atomic mass is 9.96. The summed E-state index contributed by atoms with van der Waals surface area (Å²) in [5.74, 6) is -1.10. The number of hydrogen-bond acceptors (Lipinski definition) is 4. The van der Waals surface area contributed by atoms with Crippen molar-refractivity contribution in [2.45, 2.75) is 76.2 Å². The van der Waals surface area contributed by atoms with Crippen molar-refractivity contribution in [1.82, 2.24) is 14.8 Å². The van der Waals surface area contributed by atoms with Gasteiger partial charge in [0.1, 0.15) is 23.6 Å². The van der Waals surface area contributed by atoms with Crippen molar-refractivity contribution in [2.24, 2.45) is 0 Å². The van der Waals surface area contributed by atoms with E-state index in [4.69, 9.17) is 4.74 Å². The van der Waals surface area contributed by atoms with E-state index in [0.717, 1.165) is 23.8 Å². The Kier molecular flexibility index (Phi) is 8.20. The molecule has 1 aliphatic carbocycles. The second-order valence-corrected chi connectivity index (χ2v) is 13.0. The van der Waals surface area contributed by atoms with Gasteiger partial charge in [-0.05, 0) is 74.4 Å². The number of aromatic nitrogens is 1. The van der Waals surface area contributed by atoms with Crippen LogP contribution in [0.2, 0.25) is 0 Å². The molecule has 2 amide bonds. The molecular weight excluding hydrogens is 576 g/mol. The zero-order valence-corrected chi connectivity index (χ0v) is 25.6. The summed E-state index contributed by atoms with van der Waals surface area (Å²) in [6, 6.07) is 21.4. The molecule has 3 atom stereocenters. The molecule has 3 aromatic carbocycles. The summed E-state index contributed by atoms with van der Waals surface area (Å²) < 4.78 is 37.0. The van der Waals surface area contributed by atoms with Gasteiger partial charge in [0.05, 0.1) is 24.5 Å². The van der Waals surface area contributed by atoms with Crippen LogP contribution in [-0.2, 0) is 20.7 Å². The first-order valence-electron chi connectivity index (χ1n) is 15.4. The first kappa shape index (κ1) is 30.5. The zero-order valence-electron chi connectivity index (χ0n) is 25.6. The fourth-order valence-electron chi connectivity index (χ4n) is 6.12. The molecule has 1 aliphatic heterocycles. The molecule has 1 saturated carbocycles. The van der Waals surface area contributed by atoms with Crippen molar-refractivity contribution in [3.63, 3.8) is 0 Å². The molecule has 4 aromatic rings. The highest BCUT2D eigenvalue weighted by Crippen LogP contribution is 2.42. The Morgan fingerprint density at radius 3 is 2.36 bits per heavy atom. The Morgan fingerprint density at radius 2 is 1.67 bits per heavy atom. The van der Waals surface area contributed by atoms with E-state index in [1.54, 1.807) is 45.0 Å². The van der Waals surface area contributed by atoms with Gasteiger partial charge in [0.15, 0.2) is 0 Å². The minimum Gasteiger partial charge on any atom is -0.443 e. The Balaban J connectivity index is 1.26. The maximum atomic E-state index is 15.1. The van der Waals surface area contributed by atoms with Gasteiger partial charge in [-0.3, -0.25) is 9.59 Å². The van der Waals surface area contributed by atoms with E-state index in [1.807, 2.05) is 48.5 Å². The highest BCUT2D eigenvalue weighted by atomic mass is 19.1. The number of carbonyl (C=O) groups is 3. The summed E-state index contributed by atoms with van der Waals surface area (Å²) in [5, 5.41) is 3.73. The van der Waals surface area contributed by atoms with E-state index < -0.39 is 41.8 Å². The zero-order chi connectivity index (χ0) is 31.9. The van der Waals surface area contributed by atoms with E-state index in [2.05, 4.69) is 5.32 Å². The molecule has 2 aliphatic rings. The highest BCUT2D eigenvalue weighted by molar-refractivity contribution is 5.94. The largest absolute Gasteiger partial charge is 0.443 e. The van der Waals surface area contributed by atoms with Crippen LogP contribution in [0.25, 0.3) is 10.9 Å². The SMILES string of the molecule is CC(C)(C)OC(=O)n1c(CC(=O)N2CC(F)CC2C(=O)NC(c2ccccc2)c2ccc(C3CC3)c(F)c2)cc2ccccc21. The molecule has 0 bridgehead atoms. The summed E-state index contributed by atoms with van der Waals surface area (Å²) in [6.07, 6.45) is -0.500. The molecule has 234 valence electrons. The predicted octanol–water partition coefficient (Wildman–Crippen LogP) is 6.83. The van der Waals surface area contributed by atoms with Crippen LogP contribution in [-0.4, -0.2) is 51.7 Å². The molecular formula is C36H37F2N3O4. The van der Waals surface area contributed by atoms with Crippen molar-refractivity contribution >= 4 is 28.8 Å². The normalized spacial score (nSPS) is 19.0. The van der Waals surface area contributed by atoms with Crippen LogP contribution >= 0.6 is 0 Å². The standard InChI is InChI=1S/C36H37F2N3O4/c1-36(2,3)45-35(44)41-27(17-24-11-7-8-12-30(24)41)20-32(42)40-21-26(37)19-31(40)34(43)39-33(23-9-5-4-6-10-23)25-15-16-28(22-13-14-22)29(38)18-25/h4-12,15-18,22,26,31,33H,13-14,19-21H2,1-3H3,(H,39,43). The number of carbonyl (C=O) groups excluding carboxylic acids is 3. The molecule has 6 rings (SSSR count). The molecule has 45 heavy (non-hydrogen) atoms. The van der Waals surface area contributed by atoms with Crippen LogP contribution in [0.5, 0.6) is 0 Å². The van der Waals surface area contributed by atoms with Gasteiger partial charge in [-0.15, -0.1) is 0 Å². The Hall–Kier alpha value is -4.53. The molecule has 0 spiro atoms. The number of hydrogen-bond donors (Lipinski definition) is 1. The van der Waals surface area contributed by atoms with Gasteiger partial charge < -0.3 is 15.0 Å². The molecule has 3 unspecified atom stereocenters. The topological polar surface area (TPSA) is 80.6 Å². The van der Waals surface area contributed by atoms with E-state index in [-0.39, 0.29) is 31.1 Å². The minimum absolute atomic E-state index is 0.164. The van der Waals surface area contributed by atoms with Gasteiger partial charge in [0.2, 0.25) is 11.8 Å². The fraction of sp³-hybridized carbons (Fsp3) is 0.361. The summed E-state index contributed by atoms with van der Waals surface area (Å²) in [5.41, 5.74) is 2.17. The quantitative estimate of drug-likeness (QED) is 0.248. The van der Waals surface area contributed by atoms with Gasteiger partial charge >= 0.3 is 6.09 Å². The number of fused-ring (bicyclic) bond motifs is 1. The molecule has 2 heterocycles. The summed E-state index contributed by atoms with van der Waals surface area (Å²) in [4.78, 5) is 42.0. The average Bonchev–Trinajstić information content (AvgIpc) is 3.65. The van der Waals surface area contributed by atoms with Crippen LogP contribution in [0.1, 0.15) is 74.4 Å². The van der Waals surface area contributed by atoms with Gasteiger partial charge in [-0.2, -0.15) is 0 Å². The number of nitrogens with one attached hydrogen (secondary N) is 1. The molecule has 1 saturated heterocycles. The number of ether oxygens (including phenoxy) is 1. The molecule has 1 aromatic heterocycles. The maximum absolute atomic E-state index is 15.1. The first-order chi connectivity index (χ1) is 21.5. The second-order valence-electron chi connectivity index (χ2n) is 13.0. The summed E-state index contributed by atoms with van der Waals surface area (Å²) in [7, 11) is 0. The van der Waals surface area contributed by atoms with Crippen molar-refractivity contribution in [1.29, 1.82) is 0 Å². The van der Waals surface area contributed by atoms with Gasteiger partial charge in [-0.25, -0.2) is 18.1 Å². The number of rotatable bonds is 7. The highest BCUT2D eigenvalue weighted by Gasteiger charge is 2.41. The lowest BCUT2D eigenvalue weighted by Gasteiger charge is -2.27. The Morgan fingerprint density at radius 1 is 0.956 bits per heavy atom.